The van der Waals surface area contributed by atoms with E-state index in [1.807, 2.05) is 11.8 Å². The SMILES string of the molecule is CCC(NC1=NC(C)CS1)C1CCC1. The van der Waals surface area contributed by atoms with E-state index in [9.17, 15) is 0 Å². The van der Waals surface area contributed by atoms with Crippen LogP contribution in [-0.2, 0) is 0 Å². The van der Waals surface area contributed by atoms with E-state index in [4.69, 9.17) is 0 Å². The molecule has 80 valence electrons. The summed E-state index contributed by atoms with van der Waals surface area (Å²) in [5.41, 5.74) is 0. The van der Waals surface area contributed by atoms with Gasteiger partial charge in [-0.1, -0.05) is 25.1 Å². The Labute approximate surface area is 90.9 Å². The van der Waals surface area contributed by atoms with Crippen LogP contribution in [0.3, 0.4) is 0 Å². The highest BCUT2D eigenvalue weighted by molar-refractivity contribution is 8.14. The highest BCUT2D eigenvalue weighted by atomic mass is 32.2. The minimum absolute atomic E-state index is 0.515. The quantitative estimate of drug-likeness (QED) is 0.778. The van der Waals surface area contributed by atoms with Gasteiger partial charge in [0.2, 0.25) is 0 Å². The lowest BCUT2D eigenvalue weighted by Gasteiger charge is -2.34. The molecule has 1 heterocycles. The summed E-state index contributed by atoms with van der Waals surface area (Å²) >= 11 is 1.89. The minimum atomic E-state index is 0.515. The van der Waals surface area contributed by atoms with Crippen LogP contribution in [0.1, 0.15) is 39.5 Å². The van der Waals surface area contributed by atoms with Gasteiger partial charge in [0.1, 0.15) is 0 Å². The van der Waals surface area contributed by atoms with Crippen molar-refractivity contribution >= 4 is 16.9 Å². The molecule has 2 aliphatic rings. The fourth-order valence-electron chi connectivity index (χ4n) is 2.11. The molecule has 3 heteroatoms. The summed E-state index contributed by atoms with van der Waals surface area (Å²) in [5, 5.41) is 4.80. The van der Waals surface area contributed by atoms with Crippen molar-refractivity contribution < 1.29 is 0 Å². The molecule has 0 aromatic rings. The van der Waals surface area contributed by atoms with Crippen LogP contribution in [0.4, 0.5) is 0 Å². The van der Waals surface area contributed by atoms with Crippen LogP contribution in [0.25, 0.3) is 0 Å². The smallest absolute Gasteiger partial charge is 0.157 e. The summed E-state index contributed by atoms with van der Waals surface area (Å²) in [4.78, 5) is 4.59. The second-order valence-corrected chi connectivity index (χ2v) is 5.45. The van der Waals surface area contributed by atoms with E-state index >= 15 is 0 Å². The zero-order valence-corrected chi connectivity index (χ0v) is 9.94. The van der Waals surface area contributed by atoms with Gasteiger partial charge in [0, 0.05) is 11.8 Å². The standard InChI is InChI=1S/C11H20N2S/c1-3-10(9-5-4-6-9)13-11-12-8(2)7-14-11/h8-10H,3-7H2,1-2H3,(H,12,13). The number of nitrogens with zero attached hydrogens (tertiary/aromatic N) is 1. The normalized spacial score (nSPS) is 29.6. The number of thioether (sulfide) groups is 1. The monoisotopic (exact) mass is 212 g/mol. The number of amidine groups is 1. The molecule has 0 radical (unpaired) electrons. The highest BCUT2D eigenvalue weighted by Gasteiger charge is 2.27. The number of nitrogens with one attached hydrogen (secondary N) is 1. The molecule has 2 unspecified atom stereocenters. The average Bonchev–Trinajstić information content (AvgIpc) is 2.47. The topological polar surface area (TPSA) is 24.4 Å². The second-order valence-electron chi connectivity index (χ2n) is 4.44. The predicted molar refractivity (Wildman–Crippen MR) is 63.9 cm³/mol. The Hall–Kier alpha value is -0.180. The van der Waals surface area contributed by atoms with Gasteiger partial charge in [-0.25, -0.2) is 0 Å². The van der Waals surface area contributed by atoms with Gasteiger partial charge in [-0.3, -0.25) is 4.99 Å². The first-order chi connectivity index (χ1) is 6.79. The third kappa shape index (κ3) is 2.25. The van der Waals surface area contributed by atoms with Crippen LogP contribution >= 0.6 is 11.8 Å². The Kier molecular flexibility index (Phi) is 3.37. The van der Waals surface area contributed by atoms with Crippen molar-refractivity contribution in [1.29, 1.82) is 0 Å². The fourth-order valence-corrected chi connectivity index (χ4v) is 3.07. The molecule has 1 aliphatic heterocycles. The second kappa shape index (κ2) is 4.56. The van der Waals surface area contributed by atoms with Crippen LogP contribution in [0.2, 0.25) is 0 Å². The van der Waals surface area contributed by atoms with Gasteiger partial charge in [-0.2, -0.15) is 0 Å². The first-order valence-corrected chi connectivity index (χ1v) is 6.75. The number of aliphatic imine (C=N–C) groups is 1. The maximum Gasteiger partial charge on any atom is 0.157 e. The average molecular weight is 212 g/mol. The van der Waals surface area contributed by atoms with Gasteiger partial charge in [0.15, 0.2) is 5.17 Å². The number of hydrogen-bond acceptors (Lipinski definition) is 3. The van der Waals surface area contributed by atoms with E-state index in [0.29, 0.717) is 12.1 Å². The lowest BCUT2D eigenvalue weighted by molar-refractivity contribution is 0.243. The Morgan fingerprint density at radius 2 is 2.36 bits per heavy atom. The summed E-state index contributed by atoms with van der Waals surface area (Å²) < 4.78 is 0. The van der Waals surface area contributed by atoms with Gasteiger partial charge >= 0.3 is 0 Å². The Bertz CT molecular complexity index is 223. The molecule has 0 spiro atoms. The van der Waals surface area contributed by atoms with E-state index < -0.39 is 0 Å². The van der Waals surface area contributed by atoms with E-state index in [1.54, 1.807) is 0 Å². The zero-order valence-electron chi connectivity index (χ0n) is 9.12. The molecule has 0 saturated heterocycles. The molecule has 0 amide bonds. The maximum atomic E-state index is 4.59. The molecule has 1 N–H and O–H groups in total. The predicted octanol–water partition coefficient (Wildman–Crippen LogP) is 2.65. The molecule has 2 rings (SSSR count). The molecule has 2 atom stereocenters. The largest absolute Gasteiger partial charge is 0.362 e. The summed E-state index contributed by atoms with van der Waals surface area (Å²) in [6.07, 6.45) is 5.50. The van der Waals surface area contributed by atoms with Crippen LogP contribution < -0.4 is 5.32 Å². The molecule has 14 heavy (non-hydrogen) atoms. The number of rotatable bonds is 3. The van der Waals surface area contributed by atoms with Crippen molar-refractivity contribution in [3.8, 4) is 0 Å². The molecule has 1 aliphatic carbocycles. The van der Waals surface area contributed by atoms with E-state index in [0.717, 1.165) is 11.7 Å². The summed E-state index contributed by atoms with van der Waals surface area (Å²) in [7, 11) is 0. The summed E-state index contributed by atoms with van der Waals surface area (Å²) in [6, 6.07) is 1.20. The van der Waals surface area contributed by atoms with E-state index in [-0.39, 0.29) is 0 Å². The third-order valence-corrected chi connectivity index (χ3v) is 4.41. The Balaban J connectivity index is 1.84. The lowest BCUT2D eigenvalue weighted by Crippen LogP contribution is -2.41. The van der Waals surface area contributed by atoms with Crippen LogP contribution in [0, 0.1) is 5.92 Å². The van der Waals surface area contributed by atoms with Crippen LogP contribution in [0.15, 0.2) is 4.99 Å². The Morgan fingerprint density at radius 3 is 2.79 bits per heavy atom. The van der Waals surface area contributed by atoms with Crippen molar-refractivity contribution in [2.45, 2.75) is 51.6 Å². The van der Waals surface area contributed by atoms with Gasteiger partial charge in [-0.05, 0) is 32.1 Å². The van der Waals surface area contributed by atoms with Gasteiger partial charge in [0.25, 0.3) is 0 Å². The van der Waals surface area contributed by atoms with Crippen molar-refractivity contribution in [2.75, 3.05) is 5.75 Å². The molecule has 0 aromatic heterocycles. The van der Waals surface area contributed by atoms with Crippen molar-refractivity contribution in [1.82, 2.24) is 5.32 Å². The van der Waals surface area contributed by atoms with Gasteiger partial charge in [-0.15, -0.1) is 0 Å². The molecule has 0 bridgehead atoms. The van der Waals surface area contributed by atoms with Crippen LogP contribution in [-0.4, -0.2) is 23.0 Å². The first-order valence-electron chi connectivity index (χ1n) is 5.76. The first kappa shape index (κ1) is 10.3. The van der Waals surface area contributed by atoms with Crippen molar-refractivity contribution in [3.63, 3.8) is 0 Å². The minimum Gasteiger partial charge on any atom is -0.362 e. The molecule has 0 aromatic carbocycles. The zero-order chi connectivity index (χ0) is 9.97. The fraction of sp³-hybridized carbons (Fsp3) is 0.909. The summed E-state index contributed by atoms with van der Waals surface area (Å²) in [5.74, 6) is 2.07. The van der Waals surface area contributed by atoms with E-state index in [1.165, 1.54) is 30.9 Å². The van der Waals surface area contributed by atoms with Crippen molar-refractivity contribution in [3.05, 3.63) is 0 Å². The van der Waals surface area contributed by atoms with Gasteiger partial charge in [0.05, 0.1) is 6.04 Å². The molecule has 2 nitrogen and oxygen atoms in total. The molecule has 1 fully saturated rings. The molecular formula is C11H20N2S. The highest BCUT2D eigenvalue weighted by Crippen LogP contribution is 2.31. The lowest BCUT2D eigenvalue weighted by atomic mass is 9.79. The van der Waals surface area contributed by atoms with Gasteiger partial charge < -0.3 is 5.32 Å². The summed E-state index contributed by atoms with van der Waals surface area (Å²) in [6.45, 7) is 4.46. The van der Waals surface area contributed by atoms with E-state index in [2.05, 4.69) is 24.2 Å². The third-order valence-electron chi connectivity index (χ3n) is 3.27. The van der Waals surface area contributed by atoms with Crippen molar-refractivity contribution in [2.24, 2.45) is 10.9 Å². The maximum absolute atomic E-state index is 4.59. The Morgan fingerprint density at radius 1 is 1.57 bits per heavy atom. The van der Waals surface area contributed by atoms with Crippen LogP contribution in [0.5, 0.6) is 0 Å². The molecular weight excluding hydrogens is 192 g/mol. The number of hydrogen-bond donors (Lipinski definition) is 1. The molecule has 1 saturated carbocycles.